The van der Waals surface area contributed by atoms with Crippen molar-refractivity contribution in [1.29, 1.82) is 0 Å². The minimum atomic E-state index is -4.76. The highest BCUT2D eigenvalue weighted by atomic mass is 79.9. The molecule has 1 aromatic heterocycles. The van der Waals surface area contributed by atoms with Gasteiger partial charge in [-0.05, 0) is 15.9 Å². The number of hydrogen-bond donors (Lipinski definition) is 1. The van der Waals surface area contributed by atoms with Crippen LogP contribution in [0, 0.1) is 0 Å². The Morgan fingerprint density at radius 2 is 1.86 bits per heavy atom. The van der Waals surface area contributed by atoms with E-state index in [0.717, 1.165) is 7.05 Å². The topological polar surface area (TPSA) is 54.9 Å². The fraction of sp³-hybridized carbons (Fsp3) is 0.333. The van der Waals surface area contributed by atoms with Crippen LogP contribution in [-0.4, -0.2) is 9.55 Å². The van der Waals surface area contributed by atoms with Gasteiger partial charge in [0.2, 0.25) is 0 Å². The Morgan fingerprint density at radius 1 is 1.36 bits per heavy atom. The molecule has 0 amide bonds. The average Bonchev–Trinajstić information content (AvgIpc) is 2.06. The zero-order valence-corrected chi connectivity index (χ0v) is 8.36. The molecule has 14 heavy (non-hydrogen) atoms. The van der Waals surface area contributed by atoms with Crippen LogP contribution in [0.15, 0.2) is 14.1 Å². The van der Waals surface area contributed by atoms with E-state index in [9.17, 15) is 22.8 Å². The van der Waals surface area contributed by atoms with Gasteiger partial charge < -0.3 is 4.98 Å². The number of H-pyrrole nitrogens is 1. The molecule has 0 unspecified atom stereocenters. The molecule has 0 aliphatic carbocycles. The summed E-state index contributed by atoms with van der Waals surface area (Å²) in [5, 5.41) is 0. The van der Waals surface area contributed by atoms with Crippen molar-refractivity contribution in [2.75, 3.05) is 0 Å². The maximum atomic E-state index is 12.2. The van der Waals surface area contributed by atoms with E-state index in [-0.39, 0.29) is 0 Å². The summed E-state index contributed by atoms with van der Waals surface area (Å²) in [5.41, 5.74) is -3.50. The first-order valence-electron chi connectivity index (χ1n) is 3.31. The number of nitrogens with zero attached hydrogens (tertiary/aromatic N) is 1. The molecule has 0 aliphatic rings. The molecule has 0 spiro atoms. The lowest BCUT2D eigenvalue weighted by Gasteiger charge is -2.08. The molecule has 1 heterocycles. The maximum absolute atomic E-state index is 12.2. The van der Waals surface area contributed by atoms with Gasteiger partial charge in [-0.3, -0.25) is 9.36 Å². The van der Waals surface area contributed by atoms with Gasteiger partial charge >= 0.3 is 11.9 Å². The number of hydrogen-bond acceptors (Lipinski definition) is 2. The molecule has 0 atom stereocenters. The molecule has 8 heteroatoms. The lowest BCUT2D eigenvalue weighted by molar-refractivity contribution is -0.142. The molecular formula is C6H4BrF3N2O2. The van der Waals surface area contributed by atoms with Crippen molar-refractivity contribution in [3.05, 3.63) is 31.0 Å². The van der Waals surface area contributed by atoms with Gasteiger partial charge in [-0.1, -0.05) is 0 Å². The highest BCUT2D eigenvalue weighted by Gasteiger charge is 2.36. The molecule has 1 aromatic rings. The van der Waals surface area contributed by atoms with Crippen LogP contribution in [0.5, 0.6) is 0 Å². The third kappa shape index (κ3) is 1.74. The van der Waals surface area contributed by atoms with Gasteiger partial charge in [0.05, 0.1) is 0 Å². The van der Waals surface area contributed by atoms with E-state index in [1.807, 2.05) is 0 Å². The van der Waals surface area contributed by atoms with Crippen molar-refractivity contribution in [3.8, 4) is 0 Å². The summed E-state index contributed by atoms with van der Waals surface area (Å²) in [5.74, 6) is 0. The average molecular weight is 273 g/mol. The summed E-state index contributed by atoms with van der Waals surface area (Å²) >= 11 is 2.48. The lowest BCUT2D eigenvalue weighted by atomic mass is 10.4. The van der Waals surface area contributed by atoms with Crippen molar-refractivity contribution in [1.82, 2.24) is 9.55 Å². The fourth-order valence-electron chi connectivity index (χ4n) is 0.787. The van der Waals surface area contributed by atoms with Crippen molar-refractivity contribution in [2.45, 2.75) is 6.18 Å². The minimum absolute atomic E-state index is 0.541. The molecule has 4 nitrogen and oxygen atoms in total. The molecule has 0 aromatic carbocycles. The fourth-order valence-corrected chi connectivity index (χ4v) is 1.38. The number of nitrogens with one attached hydrogen (secondary N) is 1. The third-order valence-corrected chi connectivity index (χ3v) is 2.27. The molecule has 78 valence electrons. The van der Waals surface area contributed by atoms with E-state index < -0.39 is 27.6 Å². The van der Waals surface area contributed by atoms with Crippen LogP contribution in [0.3, 0.4) is 0 Å². The summed E-state index contributed by atoms with van der Waals surface area (Å²) in [4.78, 5) is 23.5. The SMILES string of the molecule is Cn1c(=O)[nH]c(C(F)(F)F)c(Br)c1=O. The minimum Gasteiger partial charge on any atom is -0.302 e. The van der Waals surface area contributed by atoms with Crippen LogP contribution < -0.4 is 11.2 Å². The van der Waals surface area contributed by atoms with Gasteiger partial charge in [0.25, 0.3) is 5.56 Å². The molecule has 0 saturated heterocycles. The zero-order chi connectivity index (χ0) is 11.1. The number of alkyl halides is 3. The van der Waals surface area contributed by atoms with Gasteiger partial charge in [0.15, 0.2) is 0 Å². The molecule has 1 rings (SSSR count). The molecule has 0 fully saturated rings. The zero-order valence-electron chi connectivity index (χ0n) is 6.78. The summed E-state index contributed by atoms with van der Waals surface area (Å²) < 4.78 is 36.4. The first-order chi connectivity index (χ1) is 6.25. The Kier molecular flexibility index (Phi) is 2.57. The number of aromatic amines is 1. The maximum Gasteiger partial charge on any atom is 0.432 e. The van der Waals surface area contributed by atoms with Crippen LogP contribution in [0.4, 0.5) is 13.2 Å². The van der Waals surface area contributed by atoms with Gasteiger partial charge in [-0.25, -0.2) is 4.79 Å². The molecular weight excluding hydrogens is 269 g/mol. The Balaban J connectivity index is 3.67. The lowest BCUT2D eigenvalue weighted by Crippen LogP contribution is -2.36. The number of halogens is 4. The normalized spacial score (nSPS) is 11.8. The van der Waals surface area contributed by atoms with Crippen LogP contribution in [-0.2, 0) is 13.2 Å². The van der Waals surface area contributed by atoms with Crippen molar-refractivity contribution < 1.29 is 13.2 Å². The summed E-state index contributed by atoms with van der Waals surface area (Å²) in [6.45, 7) is 0. The van der Waals surface area contributed by atoms with Crippen molar-refractivity contribution >= 4 is 15.9 Å². The van der Waals surface area contributed by atoms with Gasteiger partial charge in [-0.2, -0.15) is 13.2 Å². The molecule has 0 radical (unpaired) electrons. The van der Waals surface area contributed by atoms with E-state index in [1.54, 1.807) is 4.98 Å². The second kappa shape index (κ2) is 3.26. The Labute approximate surface area is 83.5 Å². The van der Waals surface area contributed by atoms with E-state index in [1.165, 1.54) is 0 Å². The Morgan fingerprint density at radius 3 is 2.29 bits per heavy atom. The third-order valence-electron chi connectivity index (χ3n) is 1.53. The first-order valence-corrected chi connectivity index (χ1v) is 4.10. The second-order valence-electron chi connectivity index (χ2n) is 2.48. The summed E-state index contributed by atoms with van der Waals surface area (Å²) in [6.07, 6.45) is -4.76. The number of rotatable bonds is 0. The van der Waals surface area contributed by atoms with Gasteiger partial charge in [0, 0.05) is 7.05 Å². The van der Waals surface area contributed by atoms with E-state index in [2.05, 4.69) is 15.9 Å². The molecule has 0 saturated carbocycles. The standard InChI is InChI=1S/C6H4BrF3N2O2/c1-12-4(13)2(7)3(6(8,9)10)11-5(12)14/h1H3,(H,11,14). The van der Waals surface area contributed by atoms with Gasteiger partial charge in [0.1, 0.15) is 10.2 Å². The second-order valence-corrected chi connectivity index (χ2v) is 3.27. The first kappa shape index (κ1) is 11.0. The van der Waals surface area contributed by atoms with Crippen molar-refractivity contribution in [3.63, 3.8) is 0 Å². The largest absolute Gasteiger partial charge is 0.432 e. The number of aromatic nitrogens is 2. The summed E-state index contributed by atoms with van der Waals surface area (Å²) in [7, 11) is 1.08. The predicted molar refractivity (Wildman–Crippen MR) is 45.0 cm³/mol. The van der Waals surface area contributed by atoms with E-state index in [0.29, 0.717) is 4.57 Å². The summed E-state index contributed by atoms with van der Waals surface area (Å²) in [6, 6.07) is 0. The Bertz CT molecular complexity index is 473. The molecule has 1 N–H and O–H groups in total. The van der Waals surface area contributed by atoms with E-state index >= 15 is 0 Å². The quantitative estimate of drug-likeness (QED) is 0.762. The Hall–Kier alpha value is -1.05. The van der Waals surface area contributed by atoms with Crippen molar-refractivity contribution in [2.24, 2.45) is 7.05 Å². The van der Waals surface area contributed by atoms with Crippen LogP contribution >= 0.6 is 15.9 Å². The van der Waals surface area contributed by atoms with Crippen LogP contribution in [0.2, 0.25) is 0 Å². The predicted octanol–water partition coefficient (Wildman–Crippen LogP) is 0.855. The molecule has 0 aliphatic heterocycles. The van der Waals surface area contributed by atoms with Crippen LogP contribution in [0.25, 0.3) is 0 Å². The monoisotopic (exact) mass is 272 g/mol. The van der Waals surface area contributed by atoms with E-state index in [4.69, 9.17) is 0 Å². The highest BCUT2D eigenvalue weighted by molar-refractivity contribution is 9.10. The van der Waals surface area contributed by atoms with Gasteiger partial charge in [-0.15, -0.1) is 0 Å². The molecule has 0 bridgehead atoms. The van der Waals surface area contributed by atoms with Crippen LogP contribution in [0.1, 0.15) is 5.69 Å². The smallest absolute Gasteiger partial charge is 0.302 e. The highest BCUT2D eigenvalue weighted by Crippen LogP contribution is 2.30.